The number of carbonyl (C=O) groups is 1. The number of methoxy groups -OCH3 is 1. The van der Waals surface area contributed by atoms with Crippen molar-refractivity contribution in [2.24, 2.45) is 0 Å². The summed E-state index contributed by atoms with van der Waals surface area (Å²) in [5, 5.41) is 0.706. The van der Waals surface area contributed by atoms with Crippen molar-refractivity contribution in [1.82, 2.24) is 9.47 Å². The second kappa shape index (κ2) is 7.64. The van der Waals surface area contributed by atoms with Crippen LogP contribution in [0.3, 0.4) is 0 Å². The fourth-order valence-electron chi connectivity index (χ4n) is 4.20. The monoisotopic (exact) mass is 363 g/mol. The Morgan fingerprint density at radius 2 is 2.08 bits per heavy atom. The Balaban J connectivity index is 2.23. The third kappa shape index (κ3) is 2.95. The average molecular weight is 363 g/mol. The molecule has 1 aliphatic carbocycles. The van der Waals surface area contributed by atoms with Gasteiger partial charge in [-0.1, -0.05) is 0 Å². The summed E-state index contributed by atoms with van der Waals surface area (Å²) in [5.74, 6) is -0.542. The van der Waals surface area contributed by atoms with Crippen molar-refractivity contribution in [2.75, 3.05) is 26.9 Å². The number of carbonyl (C=O) groups excluding carboxylic acids is 1. The van der Waals surface area contributed by atoms with Crippen LogP contribution in [0.4, 0.5) is 8.78 Å². The maximum absolute atomic E-state index is 14.4. The minimum Gasteiger partial charge on any atom is -0.494 e. The van der Waals surface area contributed by atoms with Gasteiger partial charge in [0.25, 0.3) is 0 Å². The third-order valence-electron chi connectivity index (χ3n) is 5.42. The second-order valence-electron chi connectivity index (χ2n) is 6.66. The predicted molar refractivity (Wildman–Crippen MR) is 98.0 cm³/mol. The molecule has 0 spiro atoms. The van der Waals surface area contributed by atoms with Gasteiger partial charge in [0, 0.05) is 30.2 Å². The Morgan fingerprint density at radius 3 is 2.69 bits per heavy atom. The fraction of sp³-hybridized carbons (Fsp3) is 0.550. The van der Waals surface area contributed by atoms with E-state index in [2.05, 4.69) is 0 Å². The molecule has 26 heavy (non-hydrogen) atoms. The molecule has 0 saturated carbocycles. The molecule has 0 fully saturated rings. The van der Waals surface area contributed by atoms with E-state index >= 15 is 0 Å². The summed E-state index contributed by atoms with van der Waals surface area (Å²) in [6.07, 6.45) is 2.38. The molecule has 0 N–H and O–H groups in total. The molecule has 1 atom stereocenters. The lowest BCUT2D eigenvalue weighted by molar-refractivity contribution is -0.132. The van der Waals surface area contributed by atoms with Crippen LogP contribution in [0.25, 0.3) is 10.9 Å². The van der Waals surface area contributed by atoms with Crippen molar-refractivity contribution in [2.45, 2.75) is 45.6 Å². The van der Waals surface area contributed by atoms with Gasteiger partial charge in [-0.05, 0) is 44.7 Å². The summed E-state index contributed by atoms with van der Waals surface area (Å²) in [7, 11) is 1.42. The number of amides is 1. The Morgan fingerprint density at radius 1 is 1.35 bits per heavy atom. The standard InChI is InChI=1S/C20H26F2N2O2/c1-4-23(5-2)20(25)13-7-6-8-16-19(13)14-11-15(22)18(26-3)12-17(14)24(16)10-9-21/h11-13H,4-10H2,1-3H3/i21-1. The van der Waals surface area contributed by atoms with Crippen molar-refractivity contribution in [3.63, 3.8) is 0 Å². The van der Waals surface area contributed by atoms with Crippen LogP contribution in [0.1, 0.15) is 43.9 Å². The summed E-state index contributed by atoms with van der Waals surface area (Å²) in [4.78, 5) is 14.9. The van der Waals surface area contributed by atoms with Gasteiger partial charge in [-0.25, -0.2) is 8.78 Å². The molecule has 6 heteroatoms. The molecule has 142 valence electrons. The van der Waals surface area contributed by atoms with E-state index in [4.69, 9.17) is 4.74 Å². The van der Waals surface area contributed by atoms with Crippen LogP contribution in [0.2, 0.25) is 0 Å². The van der Waals surface area contributed by atoms with E-state index in [1.807, 2.05) is 23.3 Å². The van der Waals surface area contributed by atoms with Gasteiger partial charge in [0.15, 0.2) is 11.6 Å². The zero-order chi connectivity index (χ0) is 18.8. The molecular formula is C20H26F2N2O2. The maximum Gasteiger partial charge on any atom is 0.230 e. The first-order chi connectivity index (χ1) is 12.6. The summed E-state index contributed by atoms with van der Waals surface area (Å²) >= 11 is 0. The number of rotatable bonds is 6. The third-order valence-corrected chi connectivity index (χ3v) is 5.42. The molecule has 1 aliphatic rings. The number of fused-ring (bicyclic) bond motifs is 3. The number of likely N-dealkylation sites (N-methyl/N-ethyl adjacent to an activating group) is 1. The minimum absolute atomic E-state index is 0.0754. The summed E-state index contributed by atoms with van der Waals surface area (Å²) in [6, 6.07) is 3.06. The van der Waals surface area contributed by atoms with Crippen molar-refractivity contribution >= 4 is 16.8 Å². The molecule has 0 radical (unpaired) electrons. The fourth-order valence-corrected chi connectivity index (χ4v) is 4.20. The van der Waals surface area contributed by atoms with E-state index in [1.165, 1.54) is 13.2 Å². The number of benzene rings is 1. The smallest absolute Gasteiger partial charge is 0.230 e. The molecule has 4 nitrogen and oxygen atoms in total. The number of aromatic nitrogens is 1. The first kappa shape index (κ1) is 18.7. The molecule has 2 aromatic rings. The van der Waals surface area contributed by atoms with Crippen molar-refractivity contribution in [3.05, 3.63) is 29.2 Å². The van der Waals surface area contributed by atoms with Crippen molar-refractivity contribution < 1.29 is 18.3 Å². The molecular weight excluding hydrogens is 337 g/mol. The lowest BCUT2D eigenvalue weighted by atomic mass is 9.84. The topological polar surface area (TPSA) is 34.5 Å². The number of halogens is 2. The van der Waals surface area contributed by atoms with Gasteiger partial charge in [0.05, 0.1) is 25.1 Å². The van der Waals surface area contributed by atoms with Gasteiger partial charge in [0.2, 0.25) is 5.91 Å². The van der Waals surface area contributed by atoms with Gasteiger partial charge in [-0.3, -0.25) is 4.79 Å². The van der Waals surface area contributed by atoms with E-state index < -0.39 is 12.5 Å². The quantitative estimate of drug-likeness (QED) is 0.776. The van der Waals surface area contributed by atoms with E-state index in [1.54, 1.807) is 6.07 Å². The van der Waals surface area contributed by atoms with Crippen molar-refractivity contribution in [1.29, 1.82) is 0 Å². The Bertz CT molecular complexity index is 812. The highest BCUT2D eigenvalue weighted by molar-refractivity contribution is 5.94. The number of hydrogen-bond acceptors (Lipinski definition) is 2. The number of nitrogens with zero attached hydrogens (tertiary/aromatic N) is 2. The minimum atomic E-state index is -0.509. The van der Waals surface area contributed by atoms with Crippen LogP contribution in [0, 0.1) is 5.82 Å². The average Bonchev–Trinajstić information content (AvgIpc) is 2.95. The SMILES string of the molecule is CCN(CC)C(=O)C1CCCc2c1c1cc(F)c(OC)cc1n2CC[18F]. The number of aryl methyl sites for hydroxylation is 1. The van der Waals surface area contributed by atoms with Crippen LogP contribution < -0.4 is 4.74 Å². The lowest BCUT2D eigenvalue weighted by Gasteiger charge is -2.29. The molecule has 0 saturated heterocycles. The van der Waals surface area contributed by atoms with Crippen LogP contribution in [-0.2, 0) is 17.8 Å². The molecule has 1 aromatic carbocycles. The normalized spacial score (nSPS) is 16.6. The molecule has 1 unspecified atom stereocenters. The highest BCUT2D eigenvalue weighted by Crippen LogP contribution is 2.41. The van der Waals surface area contributed by atoms with Gasteiger partial charge < -0.3 is 14.2 Å². The molecule has 3 rings (SSSR count). The maximum atomic E-state index is 14.4. The summed E-state index contributed by atoms with van der Waals surface area (Å²) in [6.45, 7) is 4.90. The van der Waals surface area contributed by atoms with Gasteiger partial charge in [-0.15, -0.1) is 0 Å². The van der Waals surface area contributed by atoms with Gasteiger partial charge >= 0.3 is 0 Å². The predicted octanol–water partition coefficient (Wildman–Crippen LogP) is 4.05. The second-order valence-corrected chi connectivity index (χ2v) is 6.66. The Kier molecular flexibility index (Phi) is 5.49. The molecule has 0 bridgehead atoms. The lowest BCUT2D eigenvalue weighted by Crippen LogP contribution is -2.36. The number of hydrogen-bond donors (Lipinski definition) is 0. The van der Waals surface area contributed by atoms with Gasteiger partial charge in [-0.2, -0.15) is 0 Å². The van der Waals surface area contributed by atoms with Crippen LogP contribution >= 0.6 is 0 Å². The van der Waals surface area contributed by atoms with Crippen LogP contribution in [0.5, 0.6) is 5.75 Å². The molecule has 1 heterocycles. The zero-order valence-electron chi connectivity index (χ0n) is 15.6. The zero-order valence-corrected chi connectivity index (χ0v) is 15.6. The summed E-state index contributed by atoms with van der Waals surface area (Å²) < 4.78 is 34.6. The van der Waals surface area contributed by atoms with E-state index in [9.17, 15) is 13.6 Å². The first-order valence-electron chi connectivity index (χ1n) is 9.30. The number of alkyl halides is 1. The number of ether oxygens (including phenoxy) is 1. The van der Waals surface area contributed by atoms with Crippen molar-refractivity contribution in [3.8, 4) is 5.75 Å². The van der Waals surface area contributed by atoms with E-state index in [0.717, 1.165) is 36.0 Å². The van der Waals surface area contributed by atoms with E-state index in [-0.39, 0.29) is 24.1 Å². The Hall–Kier alpha value is -2.11. The summed E-state index contributed by atoms with van der Waals surface area (Å²) in [5.41, 5.74) is 2.57. The highest BCUT2D eigenvalue weighted by atomic mass is 19.1. The largest absolute Gasteiger partial charge is 0.494 e. The first-order valence-corrected chi connectivity index (χ1v) is 9.30. The highest BCUT2D eigenvalue weighted by Gasteiger charge is 2.34. The van der Waals surface area contributed by atoms with Crippen LogP contribution in [0.15, 0.2) is 12.1 Å². The molecule has 1 amide bonds. The van der Waals surface area contributed by atoms with E-state index in [0.29, 0.717) is 18.5 Å². The van der Waals surface area contributed by atoms with Gasteiger partial charge in [0.1, 0.15) is 6.67 Å². The molecule has 1 aromatic heterocycles. The van der Waals surface area contributed by atoms with Crippen LogP contribution in [-0.4, -0.2) is 42.2 Å². The molecule has 0 aliphatic heterocycles. The Labute approximate surface area is 152 Å².